The van der Waals surface area contributed by atoms with Crippen LogP contribution in [-0.4, -0.2) is 60.5 Å². The van der Waals surface area contributed by atoms with E-state index in [-0.39, 0.29) is 24.4 Å². The third-order valence-electron chi connectivity index (χ3n) is 7.04. The Labute approximate surface area is 182 Å². The molecule has 3 aliphatic rings. The first kappa shape index (κ1) is 21.5. The van der Waals surface area contributed by atoms with Crippen molar-refractivity contribution >= 4 is 17.8 Å². The maximum Gasteiger partial charge on any atom is 0.325 e. The van der Waals surface area contributed by atoms with Crippen LogP contribution in [0.4, 0.5) is 4.79 Å². The van der Waals surface area contributed by atoms with E-state index in [0.717, 1.165) is 36.1 Å². The number of nitrogens with zero attached hydrogens (tertiary/aromatic N) is 2. The number of nitrogens with one attached hydrogen (secondary N) is 1. The van der Waals surface area contributed by atoms with Crippen molar-refractivity contribution in [2.75, 3.05) is 27.3 Å². The van der Waals surface area contributed by atoms with Crippen LogP contribution in [-0.2, 0) is 9.59 Å². The van der Waals surface area contributed by atoms with Crippen molar-refractivity contribution in [1.82, 2.24) is 15.1 Å². The largest absolute Gasteiger partial charge is 0.497 e. The molecule has 0 unspecified atom stereocenters. The Balaban J connectivity index is 1.51. The van der Waals surface area contributed by atoms with Crippen LogP contribution in [0.2, 0.25) is 0 Å². The lowest BCUT2D eigenvalue weighted by Crippen LogP contribution is -2.50. The smallest absolute Gasteiger partial charge is 0.325 e. The first-order valence-corrected chi connectivity index (χ1v) is 11.0. The van der Waals surface area contributed by atoms with Crippen LogP contribution in [0.25, 0.3) is 0 Å². The van der Waals surface area contributed by atoms with E-state index in [1.165, 1.54) is 0 Å². The molecule has 0 aromatic heterocycles. The molecule has 2 saturated heterocycles. The lowest BCUT2D eigenvalue weighted by Gasteiger charge is -2.33. The fraction of sp³-hybridized carbons (Fsp3) is 0.609. The number of benzene rings is 1. The zero-order valence-electron chi connectivity index (χ0n) is 18.5. The number of likely N-dealkylation sites (tertiary alicyclic amines) is 1. The molecule has 8 heteroatoms. The summed E-state index contributed by atoms with van der Waals surface area (Å²) in [6.07, 6.45) is 4.71. The van der Waals surface area contributed by atoms with Gasteiger partial charge in [0.25, 0.3) is 5.91 Å². The number of carbonyl (C=O) groups excluding carboxylic acids is 3. The minimum Gasteiger partial charge on any atom is -0.497 e. The van der Waals surface area contributed by atoms with Crippen molar-refractivity contribution in [3.05, 3.63) is 23.8 Å². The minimum absolute atomic E-state index is 0.178. The molecule has 1 spiro atoms. The number of ether oxygens (including phenoxy) is 2. The van der Waals surface area contributed by atoms with E-state index < -0.39 is 11.6 Å². The van der Waals surface area contributed by atoms with Crippen LogP contribution >= 0.6 is 0 Å². The second kappa shape index (κ2) is 8.40. The van der Waals surface area contributed by atoms with Crippen LogP contribution in [0.5, 0.6) is 11.5 Å². The molecule has 168 valence electrons. The summed E-state index contributed by atoms with van der Waals surface area (Å²) in [5.41, 5.74) is 0.0484. The zero-order valence-corrected chi connectivity index (χ0v) is 18.5. The molecule has 1 aromatic rings. The Morgan fingerprint density at radius 2 is 1.90 bits per heavy atom. The average Bonchev–Trinajstić information content (AvgIpc) is 3.35. The summed E-state index contributed by atoms with van der Waals surface area (Å²) in [5, 5.41) is 2.89. The van der Waals surface area contributed by atoms with Gasteiger partial charge in [-0.05, 0) is 62.6 Å². The van der Waals surface area contributed by atoms with Gasteiger partial charge in [0, 0.05) is 12.1 Å². The summed E-state index contributed by atoms with van der Waals surface area (Å²) in [5.74, 6) is 1.45. The highest BCUT2D eigenvalue weighted by Crippen LogP contribution is 2.40. The van der Waals surface area contributed by atoms with E-state index in [9.17, 15) is 14.4 Å². The van der Waals surface area contributed by atoms with Gasteiger partial charge < -0.3 is 19.7 Å². The number of hydrogen-bond donors (Lipinski definition) is 1. The molecule has 4 rings (SSSR count). The Morgan fingerprint density at radius 1 is 1.16 bits per heavy atom. The Kier molecular flexibility index (Phi) is 5.81. The summed E-state index contributed by atoms with van der Waals surface area (Å²) in [6, 6.07) is 4.91. The number of methoxy groups -OCH3 is 2. The third-order valence-corrected chi connectivity index (χ3v) is 7.04. The maximum atomic E-state index is 13.2. The second-order valence-corrected chi connectivity index (χ2v) is 8.94. The van der Waals surface area contributed by atoms with Gasteiger partial charge in [0.15, 0.2) is 0 Å². The van der Waals surface area contributed by atoms with Crippen molar-refractivity contribution in [2.24, 2.45) is 5.92 Å². The molecule has 4 amide bonds. The molecular weight excluding hydrogens is 398 g/mol. The molecule has 2 aliphatic heterocycles. The van der Waals surface area contributed by atoms with E-state index in [1.54, 1.807) is 19.1 Å². The van der Waals surface area contributed by atoms with Gasteiger partial charge >= 0.3 is 6.03 Å². The van der Waals surface area contributed by atoms with Crippen LogP contribution in [0.1, 0.15) is 57.1 Å². The Hall–Kier alpha value is -2.77. The lowest BCUT2D eigenvalue weighted by atomic mass is 9.77. The molecule has 1 saturated carbocycles. The number of carbonyl (C=O) groups is 3. The van der Waals surface area contributed by atoms with Crippen molar-refractivity contribution in [1.29, 1.82) is 0 Å². The molecule has 8 nitrogen and oxygen atoms in total. The van der Waals surface area contributed by atoms with E-state index in [1.807, 2.05) is 18.2 Å². The molecule has 0 radical (unpaired) electrons. The molecule has 1 N–H and O–H groups in total. The summed E-state index contributed by atoms with van der Waals surface area (Å²) in [7, 11) is 3.20. The van der Waals surface area contributed by atoms with E-state index in [2.05, 4.69) is 12.2 Å². The second-order valence-electron chi connectivity index (χ2n) is 8.94. The lowest BCUT2D eigenvalue weighted by molar-refractivity contribution is -0.140. The molecular formula is C23H31N3O5. The highest BCUT2D eigenvalue weighted by Gasteiger charge is 2.52. The first-order chi connectivity index (χ1) is 14.9. The van der Waals surface area contributed by atoms with Crippen LogP contribution < -0.4 is 14.8 Å². The quantitative estimate of drug-likeness (QED) is 0.727. The number of urea groups is 1. The van der Waals surface area contributed by atoms with Gasteiger partial charge in [-0.1, -0.05) is 6.92 Å². The first-order valence-electron chi connectivity index (χ1n) is 11.0. The summed E-state index contributed by atoms with van der Waals surface area (Å²) in [4.78, 5) is 41.8. The predicted molar refractivity (Wildman–Crippen MR) is 114 cm³/mol. The highest BCUT2D eigenvalue weighted by molar-refractivity contribution is 6.09. The fourth-order valence-electron chi connectivity index (χ4n) is 5.13. The van der Waals surface area contributed by atoms with Crippen LogP contribution in [0.3, 0.4) is 0 Å². The van der Waals surface area contributed by atoms with Crippen molar-refractivity contribution in [3.63, 3.8) is 0 Å². The molecule has 1 atom stereocenters. The van der Waals surface area contributed by atoms with Gasteiger partial charge in [0.1, 0.15) is 23.6 Å². The summed E-state index contributed by atoms with van der Waals surface area (Å²) < 4.78 is 10.9. The normalized spacial score (nSPS) is 28.2. The van der Waals surface area contributed by atoms with Gasteiger partial charge in [-0.25, -0.2) is 4.79 Å². The molecule has 2 heterocycles. The molecule has 31 heavy (non-hydrogen) atoms. The standard InChI is InChI=1S/C23H31N3O5/c1-15-8-10-23(11-9-15)21(28)26(22(29)24-23)14-20(27)25-12-4-5-18(25)17-13-16(30-2)6-7-19(17)31-3/h6-7,13,15,18H,4-5,8-12,14H2,1-3H3,(H,24,29)/t15?,18-,23?/m0/s1. The Bertz CT molecular complexity index is 878. The van der Waals surface area contributed by atoms with E-state index in [4.69, 9.17) is 9.47 Å². The number of amides is 4. The Morgan fingerprint density at radius 3 is 2.58 bits per heavy atom. The van der Waals surface area contributed by atoms with Crippen LogP contribution in [0, 0.1) is 5.92 Å². The summed E-state index contributed by atoms with van der Waals surface area (Å²) >= 11 is 0. The van der Waals surface area contributed by atoms with Crippen LogP contribution in [0.15, 0.2) is 18.2 Å². The van der Waals surface area contributed by atoms with E-state index >= 15 is 0 Å². The number of hydrogen-bond acceptors (Lipinski definition) is 5. The van der Waals surface area contributed by atoms with Crippen molar-refractivity contribution in [2.45, 2.75) is 57.0 Å². The monoisotopic (exact) mass is 429 g/mol. The molecule has 1 aliphatic carbocycles. The molecule has 3 fully saturated rings. The average molecular weight is 430 g/mol. The molecule has 1 aromatic carbocycles. The fourth-order valence-corrected chi connectivity index (χ4v) is 5.13. The summed E-state index contributed by atoms with van der Waals surface area (Å²) in [6.45, 7) is 2.51. The topological polar surface area (TPSA) is 88.2 Å². The molecule has 0 bridgehead atoms. The third kappa shape index (κ3) is 3.83. The van der Waals surface area contributed by atoms with Crippen molar-refractivity contribution < 1.29 is 23.9 Å². The maximum absolute atomic E-state index is 13.2. The highest BCUT2D eigenvalue weighted by atomic mass is 16.5. The van der Waals surface area contributed by atoms with E-state index in [0.29, 0.717) is 36.8 Å². The van der Waals surface area contributed by atoms with Crippen molar-refractivity contribution in [3.8, 4) is 11.5 Å². The minimum atomic E-state index is -0.829. The number of imide groups is 1. The van der Waals surface area contributed by atoms with Gasteiger partial charge in [0.2, 0.25) is 5.91 Å². The SMILES string of the molecule is COc1ccc(OC)c([C@@H]2CCCN2C(=O)CN2C(=O)NC3(CCC(C)CC3)C2=O)c1. The van der Waals surface area contributed by atoms with Gasteiger partial charge in [0.05, 0.1) is 20.3 Å². The van der Waals surface area contributed by atoms with Gasteiger partial charge in [-0.3, -0.25) is 14.5 Å². The van der Waals surface area contributed by atoms with Gasteiger partial charge in [-0.2, -0.15) is 0 Å². The predicted octanol–water partition coefficient (Wildman–Crippen LogP) is 2.87. The zero-order chi connectivity index (χ0) is 22.2. The van der Waals surface area contributed by atoms with Gasteiger partial charge in [-0.15, -0.1) is 0 Å². The number of rotatable bonds is 5.